The first kappa shape index (κ1) is 12.0. The zero-order valence-electron chi connectivity index (χ0n) is 8.46. The SMILES string of the molecule is NC(=S)C1(C(=O)NCc2cc(Br)cs2)CC1. The Morgan fingerprint density at radius 3 is 2.81 bits per heavy atom. The van der Waals surface area contributed by atoms with Crippen molar-refractivity contribution in [2.24, 2.45) is 11.1 Å². The number of hydrogen-bond acceptors (Lipinski definition) is 3. The number of thiocarbonyl (C=S) groups is 1. The molecule has 0 aliphatic heterocycles. The number of rotatable bonds is 4. The lowest BCUT2D eigenvalue weighted by Crippen LogP contribution is -2.39. The first-order valence-corrected chi connectivity index (χ1v) is 6.94. The molecule has 1 saturated carbocycles. The molecular formula is C10H11BrN2OS2. The van der Waals surface area contributed by atoms with Gasteiger partial charge in [-0.1, -0.05) is 12.2 Å². The number of carbonyl (C=O) groups excluding carboxylic acids is 1. The minimum Gasteiger partial charge on any atom is -0.392 e. The first-order chi connectivity index (χ1) is 7.54. The fourth-order valence-electron chi connectivity index (χ4n) is 1.49. The summed E-state index contributed by atoms with van der Waals surface area (Å²) in [6.45, 7) is 0.541. The van der Waals surface area contributed by atoms with Gasteiger partial charge in [-0.2, -0.15) is 0 Å². The van der Waals surface area contributed by atoms with E-state index in [-0.39, 0.29) is 5.91 Å². The van der Waals surface area contributed by atoms with E-state index in [1.165, 1.54) is 0 Å². The highest BCUT2D eigenvalue weighted by molar-refractivity contribution is 9.10. The molecule has 0 spiro atoms. The lowest BCUT2D eigenvalue weighted by atomic mass is 10.1. The highest BCUT2D eigenvalue weighted by atomic mass is 79.9. The molecule has 1 aliphatic carbocycles. The second kappa shape index (κ2) is 4.43. The van der Waals surface area contributed by atoms with Crippen molar-refractivity contribution in [3.63, 3.8) is 0 Å². The van der Waals surface area contributed by atoms with E-state index in [9.17, 15) is 4.79 Å². The van der Waals surface area contributed by atoms with Gasteiger partial charge in [0.25, 0.3) is 0 Å². The number of hydrogen-bond donors (Lipinski definition) is 2. The average molecular weight is 319 g/mol. The fourth-order valence-corrected chi connectivity index (χ4v) is 3.18. The van der Waals surface area contributed by atoms with E-state index in [0.717, 1.165) is 22.2 Å². The van der Waals surface area contributed by atoms with Crippen LogP contribution in [0.4, 0.5) is 0 Å². The Balaban J connectivity index is 1.92. The van der Waals surface area contributed by atoms with E-state index in [2.05, 4.69) is 21.2 Å². The smallest absolute Gasteiger partial charge is 0.233 e. The van der Waals surface area contributed by atoms with Crippen LogP contribution in [0.2, 0.25) is 0 Å². The minimum atomic E-state index is -0.552. The molecule has 3 nitrogen and oxygen atoms in total. The molecule has 16 heavy (non-hydrogen) atoms. The normalized spacial score (nSPS) is 16.8. The Kier molecular flexibility index (Phi) is 3.32. The van der Waals surface area contributed by atoms with E-state index < -0.39 is 5.41 Å². The zero-order valence-corrected chi connectivity index (χ0v) is 11.7. The Bertz CT molecular complexity index is 440. The fraction of sp³-hybridized carbons (Fsp3) is 0.400. The molecule has 86 valence electrons. The average Bonchev–Trinajstić information content (AvgIpc) is 2.95. The maximum absolute atomic E-state index is 11.9. The van der Waals surface area contributed by atoms with Gasteiger partial charge in [-0.3, -0.25) is 4.79 Å². The number of thiophene rings is 1. The van der Waals surface area contributed by atoms with Crippen molar-refractivity contribution in [1.29, 1.82) is 0 Å². The summed E-state index contributed by atoms with van der Waals surface area (Å²) in [6, 6.07) is 1.99. The molecule has 3 N–H and O–H groups in total. The van der Waals surface area contributed by atoms with Crippen molar-refractivity contribution in [2.45, 2.75) is 19.4 Å². The minimum absolute atomic E-state index is 0.0375. The zero-order chi connectivity index (χ0) is 11.8. The highest BCUT2D eigenvalue weighted by Crippen LogP contribution is 2.46. The number of halogens is 1. The van der Waals surface area contributed by atoms with Crippen LogP contribution in [0.1, 0.15) is 17.7 Å². The van der Waals surface area contributed by atoms with Gasteiger partial charge in [-0.05, 0) is 34.8 Å². The van der Waals surface area contributed by atoms with Crippen molar-refractivity contribution in [1.82, 2.24) is 5.32 Å². The number of nitrogens with one attached hydrogen (secondary N) is 1. The van der Waals surface area contributed by atoms with E-state index in [1.807, 2.05) is 11.4 Å². The Morgan fingerprint density at radius 2 is 2.38 bits per heavy atom. The summed E-state index contributed by atoms with van der Waals surface area (Å²) in [5.74, 6) is -0.0375. The standard InChI is InChI=1S/C10H11BrN2OS2/c11-6-3-7(16-5-6)4-13-9(14)10(1-2-10)8(12)15/h3,5H,1-2,4H2,(H2,12,15)(H,13,14). The van der Waals surface area contributed by atoms with Crippen molar-refractivity contribution in [3.8, 4) is 0 Å². The number of nitrogens with two attached hydrogens (primary N) is 1. The lowest BCUT2D eigenvalue weighted by Gasteiger charge is -2.12. The molecule has 0 atom stereocenters. The number of amides is 1. The summed E-state index contributed by atoms with van der Waals surface area (Å²) in [4.78, 5) is 13.3. The third kappa shape index (κ3) is 2.28. The van der Waals surface area contributed by atoms with Crippen molar-refractivity contribution < 1.29 is 4.79 Å². The van der Waals surface area contributed by atoms with Crippen LogP contribution >= 0.6 is 39.5 Å². The molecule has 0 radical (unpaired) electrons. The molecule has 1 heterocycles. The third-order valence-corrected chi connectivity index (χ3v) is 4.79. The molecule has 0 bridgehead atoms. The molecular weight excluding hydrogens is 308 g/mol. The second-order valence-electron chi connectivity index (χ2n) is 3.86. The van der Waals surface area contributed by atoms with Gasteiger partial charge in [0.15, 0.2) is 0 Å². The molecule has 0 unspecified atom stereocenters. The van der Waals surface area contributed by atoms with E-state index in [4.69, 9.17) is 18.0 Å². The molecule has 1 aromatic rings. The topological polar surface area (TPSA) is 55.1 Å². The van der Waals surface area contributed by atoms with Crippen LogP contribution in [0, 0.1) is 5.41 Å². The van der Waals surface area contributed by atoms with Gasteiger partial charge in [0, 0.05) is 14.7 Å². The van der Waals surface area contributed by atoms with Gasteiger partial charge < -0.3 is 11.1 Å². The molecule has 1 aliphatic rings. The second-order valence-corrected chi connectivity index (χ2v) is 6.21. The lowest BCUT2D eigenvalue weighted by molar-refractivity contribution is -0.124. The van der Waals surface area contributed by atoms with Gasteiger partial charge >= 0.3 is 0 Å². The predicted molar refractivity (Wildman–Crippen MR) is 72.3 cm³/mol. The molecule has 6 heteroatoms. The molecule has 1 amide bonds. The molecule has 2 rings (SSSR count). The molecule has 1 aromatic heterocycles. The first-order valence-electron chi connectivity index (χ1n) is 4.86. The van der Waals surface area contributed by atoms with Crippen LogP contribution in [-0.2, 0) is 11.3 Å². The van der Waals surface area contributed by atoms with Crippen molar-refractivity contribution >= 4 is 50.4 Å². The molecule has 0 aromatic carbocycles. The van der Waals surface area contributed by atoms with Gasteiger partial charge in [0.05, 0.1) is 16.9 Å². The summed E-state index contributed by atoms with van der Waals surface area (Å²) >= 11 is 9.89. The Labute approximate surface area is 112 Å². The van der Waals surface area contributed by atoms with Gasteiger partial charge in [-0.15, -0.1) is 11.3 Å². The van der Waals surface area contributed by atoms with Gasteiger partial charge in [0.1, 0.15) is 0 Å². The monoisotopic (exact) mass is 318 g/mol. The van der Waals surface area contributed by atoms with Crippen molar-refractivity contribution in [2.75, 3.05) is 0 Å². The summed E-state index contributed by atoms with van der Waals surface area (Å²) in [5.41, 5.74) is 5.02. The largest absolute Gasteiger partial charge is 0.392 e. The van der Waals surface area contributed by atoms with Crippen LogP contribution in [0.5, 0.6) is 0 Å². The maximum Gasteiger partial charge on any atom is 0.233 e. The molecule has 1 fully saturated rings. The summed E-state index contributed by atoms with van der Waals surface area (Å²) in [5, 5.41) is 4.87. The summed E-state index contributed by atoms with van der Waals surface area (Å²) < 4.78 is 1.04. The summed E-state index contributed by atoms with van der Waals surface area (Å²) in [7, 11) is 0. The van der Waals surface area contributed by atoms with E-state index in [0.29, 0.717) is 11.5 Å². The van der Waals surface area contributed by atoms with Gasteiger partial charge in [0.2, 0.25) is 5.91 Å². The quantitative estimate of drug-likeness (QED) is 0.837. The maximum atomic E-state index is 11.9. The summed E-state index contributed by atoms with van der Waals surface area (Å²) in [6.07, 6.45) is 1.56. The van der Waals surface area contributed by atoms with Crippen molar-refractivity contribution in [3.05, 3.63) is 20.8 Å². The van der Waals surface area contributed by atoms with Crippen LogP contribution in [0.15, 0.2) is 15.9 Å². The molecule has 0 saturated heterocycles. The van der Waals surface area contributed by atoms with E-state index >= 15 is 0 Å². The highest BCUT2D eigenvalue weighted by Gasteiger charge is 2.52. The van der Waals surface area contributed by atoms with E-state index in [1.54, 1.807) is 11.3 Å². The third-order valence-electron chi connectivity index (χ3n) is 2.70. The van der Waals surface area contributed by atoms with Crippen LogP contribution < -0.4 is 11.1 Å². The predicted octanol–water partition coefficient (Wildman–Crippen LogP) is 2.19. The van der Waals surface area contributed by atoms with Crippen LogP contribution in [-0.4, -0.2) is 10.9 Å². The Hall–Kier alpha value is -0.460. The number of carbonyl (C=O) groups is 1. The van der Waals surface area contributed by atoms with Crippen LogP contribution in [0.3, 0.4) is 0 Å². The van der Waals surface area contributed by atoms with Crippen LogP contribution in [0.25, 0.3) is 0 Å². The Morgan fingerprint density at radius 1 is 1.69 bits per heavy atom. The van der Waals surface area contributed by atoms with Gasteiger partial charge in [-0.25, -0.2) is 0 Å².